The van der Waals surface area contributed by atoms with Crippen molar-refractivity contribution in [3.05, 3.63) is 35.6 Å². The fourth-order valence-corrected chi connectivity index (χ4v) is 2.32. The third kappa shape index (κ3) is 3.55. The molecule has 1 saturated carbocycles. The highest BCUT2D eigenvalue weighted by atomic mass is 19.1. The van der Waals surface area contributed by atoms with Crippen molar-refractivity contribution in [2.75, 3.05) is 0 Å². The minimum atomic E-state index is -0.362. The molecule has 0 aromatic heterocycles. The van der Waals surface area contributed by atoms with Gasteiger partial charge in [-0.2, -0.15) is 0 Å². The smallest absolute Gasteiger partial charge is 0.251 e. The predicted molar refractivity (Wildman–Crippen MR) is 65.4 cm³/mol. The van der Waals surface area contributed by atoms with E-state index in [0.29, 0.717) is 5.56 Å². The standard InChI is InChI=1S/C14H18FNO/c15-12-7-5-6-11(10-12)14(17)16-13-8-3-1-2-4-9-13/h5-7,10,13H,1-4,8-9H2,(H,16,17). The van der Waals surface area contributed by atoms with Crippen LogP contribution in [0.3, 0.4) is 0 Å². The molecule has 3 heteroatoms. The van der Waals surface area contributed by atoms with Gasteiger partial charge in [0.25, 0.3) is 5.91 Å². The zero-order valence-corrected chi connectivity index (χ0v) is 9.92. The van der Waals surface area contributed by atoms with Crippen LogP contribution < -0.4 is 5.32 Å². The van der Waals surface area contributed by atoms with E-state index >= 15 is 0 Å². The Morgan fingerprint density at radius 2 is 1.88 bits per heavy atom. The third-order valence-electron chi connectivity index (χ3n) is 3.28. The summed E-state index contributed by atoms with van der Waals surface area (Å²) in [6.07, 6.45) is 6.95. The lowest BCUT2D eigenvalue weighted by molar-refractivity contribution is 0.0933. The molecule has 0 bridgehead atoms. The minimum Gasteiger partial charge on any atom is -0.349 e. The van der Waals surface area contributed by atoms with Gasteiger partial charge in [-0.15, -0.1) is 0 Å². The second-order valence-corrected chi connectivity index (χ2v) is 4.67. The van der Waals surface area contributed by atoms with Gasteiger partial charge in [-0.25, -0.2) is 4.39 Å². The zero-order chi connectivity index (χ0) is 12.1. The van der Waals surface area contributed by atoms with Crippen LogP contribution in [0, 0.1) is 5.82 Å². The molecular weight excluding hydrogens is 217 g/mol. The highest BCUT2D eigenvalue weighted by Crippen LogP contribution is 2.17. The van der Waals surface area contributed by atoms with Crippen LogP contribution in [0.1, 0.15) is 48.9 Å². The number of carbonyl (C=O) groups excluding carboxylic acids is 1. The summed E-state index contributed by atoms with van der Waals surface area (Å²) in [5.74, 6) is -0.519. The van der Waals surface area contributed by atoms with Gasteiger partial charge in [-0.05, 0) is 31.0 Å². The second kappa shape index (κ2) is 5.80. The Labute approximate surface area is 101 Å². The van der Waals surface area contributed by atoms with E-state index in [9.17, 15) is 9.18 Å². The number of carbonyl (C=O) groups is 1. The van der Waals surface area contributed by atoms with Crippen molar-refractivity contribution in [1.29, 1.82) is 0 Å². The largest absolute Gasteiger partial charge is 0.349 e. The Kier molecular flexibility index (Phi) is 4.13. The van der Waals surface area contributed by atoms with E-state index in [1.807, 2.05) is 0 Å². The van der Waals surface area contributed by atoms with E-state index in [1.165, 1.54) is 37.8 Å². The molecule has 0 atom stereocenters. The van der Waals surface area contributed by atoms with Crippen LogP contribution in [-0.4, -0.2) is 11.9 Å². The minimum absolute atomic E-state index is 0.156. The molecule has 1 fully saturated rings. The van der Waals surface area contributed by atoms with Crippen LogP contribution in [0.25, 0.3) is 0 Å². The van der Waals surface area contributed by atoms with E-state index in [-0.39, 0.29) is 17.8 Å². The predicted octanol–water partition coefficient (Wildman–Crippen LogP) is 3.28. The molecule has 1 aromatic rings. The summed E-state index contributed by atoms with van der Waals surface area (Å²) in [6.45, 7) is 0. The van der Waals surface area contributed by atoms with Crippen LogP contribution in [0.5, 0.6) is 0 Å². The van der Waals surface area contributed by atoms with Crippen molar-refractivity contribution >= 4 is 5.91 Å². The van der Waals surface area contributed by atoms with Gasteiger partial charge in [-0.3, -0.25) is 4.79 Å². The lowest BCUT2D eigenvalue weighted by Crippen LogP contribution is -2.34. The molecular formula is C14H18FNO. The van der Waals surface area contributed by atoms with Crippen molar-refractivity contribution in [3.63, 3.8) is 0 Å². The molecule has 17 heavy (non-hydrogen) atoms. The zero-order valence-electron chi connectivity index (χ0n) is 9.92. The molecule has 0 unspecified atom stereocenters. The van der Waals surface area contributed by atoms with Gasteiger partial charge in [0.1, 0.15) is 5.82 Å². The summed E-state index contributed by atoms with van der Waals surface area (Å²) < 4.78 is 13.0. The average molecular weight is 235 g/mol. The summed E-state index contributed by atoms with van der Waals surface area (Å²) in [5, 5.41) is 3.00. The van der Waals surface area contributed by atoms with Gasteiger partial charge < -0.3 is 5.32 Å². The highest BCUT2D eigenvalue weighted by Gasteiger charge is 2.15. The first-order chi connectivity index (χ1) is 8.25. The molecule has 0 spiro atoms. The Hall–Kier alpha value is -1.38. The van der Waals surface area contributed by atoms with Crippen molar-refractivity contribution in [1.82, 2.24) is 5.32 Å². The quantitative estimate of drug-likeness (QED) is 0.783. The molecule has 1 amide bonds. The van der Waals surface area contributed by atoms with E-state index in [1.54, 1.807) is 12.1 Å². The summed E-state index contributed by atoms with van der Waals surface area (Å²) in [6, 6.07) is 6.11. The van der Waals surface area contributed by atoms with Crippen molar-refractivity contribution in [2.45, 2.75) is 44.6 Å². The Balaban J connectivity index is 1.96. The highest BCUT2D eigenvalue weighted by molar-refractivity contribution is 5.94. The maximum absolute atomic E-state index is 13.0. The first kappa shape index (κ1) is 12.1. The first-order valence-electron chi connectivity index (χ1n) is 6.32. The van der Waals surface area contributed by atoms with Gasteiger partial charge in [-0.1, -0.05) is 31.7 Å². The van der Waals surface area contributed by atoms with Crippen LogP contribution in [0.2, 0.25) is 0 Å². The lowest BCUT2D eigenvalue weighted by atomic mass is 10.1. The molecule has 0 saturated heterocycles. The van der Waals surface area contributed by atoms with Crippen LogP contribution in [0.4, 0.5) is 4.39 Å². The Morgan fingerprint density at radius 3 is 2.53 bits per heavy atom. The Bertz CT molecular complexity index is 384. The molecule has 2 rings (SSSR count). The monoisotopic (exact) mass is 235 g/mol. The normalized spacial score (nSPS) is 17.5. The maximum atomic E-state index is 13.0. The summed E-state index contributed by atoms with van der Waals surface area (Å²) >= 11 is 0. The van der Waals surface area contributed by atoms with Crippen molar-refractivity contribution in [2.24, 2.45) is 0 Å². The SMILES string of the molecule is O=C(NC1CCCCCC1)c1cccc(F)c1. The van der Waals surface area contributed by atoms with Gasteiger partial charge >= 0.3 is 0 Å². The number of nitrogens with one attached hydrogen (secondary N) is 1. The molecule has 1 aliphatic carbocycles. The third-order valence-corrected chi connectivity index (χ3v) is 3.28. The molecule has 1 aromatic carbocycles. The molecule has 0 heterocycles. The summed E-state index contributed by atoms with van der Waals surface area (Å²) in [5.41, 5.74) is 0.411. The number of amides is 1. The fraction of sp³-hybridized carbons (Fsp3) is 0.500. The number of rotatable bonds is 2. The maximum Gasteiger partial charge on any atom is 0.251 e. The van der Waals surface area contributed by atoms with E-state index in [4.69, 9.17) is 0 Å². The van der Waals surface area contributed by atoms with Crippen LogP contribution in [0.15, 0.2) is 24.3 Å². The van der Waals surface area contributed by atoms with E-state index < -0.39 is 0 Å². The summed E-state index contributed by atoms with van der Waals surface area (Å²) in [7, 11) is 0. The number of hydrogen-bond acceptors (Lipinski definition) is 1. The number of halogens is 1. The first-order valence-corrected chi connectivity index (χ1v) is 6.32. The fourth-order valence-electron chi connectivity index (χ4n) is 2.32. The second-order valence-electron chi connectivity index (χ2n) is 4.67. The van der Waals surface area contributed by atoms with Crippen molar-refractivity contribution in [3.8, 4) is 0 Å². The van der Waals surface area contributed by atoms with Crippen LogP contribution in [-0.2, 0) is 0 Å². The topological polar surface area (TPSA) is 29.1 Å². The molecule has 0 radical (unpaired) electrons. The van der Waals surface area contributed by atoms with Gasteiger partial charge in [0.2, 0.25) is 0 Å². The lowest BCUT2D eigenvalue weighted by Gasteiger charge is -2.16. The average Bonchev–Trinajstić information content (AvgIpc) is 2.57. The molecule has 1 N–H and O–H groups in total. The number of benzene rings is 1. The van der Waals surface area contributed by atoms with Crippen LogP contribution >= 0.6 is 0 Å². The molecule has 2 nitrogen and oxygen atoms in total. The van der Waals surface area contributed by atoms with Crippen molar-refractivity contribution < 1.29 is 9.18 Å². The van der Waals surface area contributed by atoms with Gasteiger partial charge in [0.05, 0.1) is 0 Å². The van der Waals surface area contributed by atoms with E-state index in [0.717, 1.165) is 12.8 Å². The van der Waals surface area contributed by atoms with Gasteiger partial charge in [0, 0.05) is 11.6 Å². The number of hydrogen-bond donors (Lipinski definition) is 1. The van der Waals surface area contributed by atoms with Gasteiger partial charge in [0.15, 0.2) is 0 Å². The molecule has 0 aliphatic heterocycles. The Morgan fingerprint density at radius 1 is 1.18 bits per heavy atom. The molecule has 1 aliphatic rings. The summed E-state index contributed by atoms with van der Waals surface area (Å²) in [4.78, 5) is 11.9. The molecule has 92 valence electrons. The van der Waals surface area contributed by atoms with E-state index in [2.05, 4.69) is 5.32 Å².